The van der Waals surface area contributed by atoms with E-state index in [0.29, 0.717) is 19.7 Å². The summed E-state index contributed by atoms with van der Waals surface area (Å²) in [5.74, 6) is 1.96. The van der Waals surface area contributed by atoms with E-state index in [1.165, 1.54) is 24.0 Å². The van der Waals surface area contributed by atoms with Gasteiger partial charge >= 0.3 is 192 Å². The fourth-order valence-corrected chi connectivity index (χ4v) is 8.06. The SMILES string of the molecule is Cc1c(C(C)C)cccc1C(C)[I-]C(C)c1cccc(C(C)C)c1CCC(C)C. The number of halogens is 1. The summed E-state index contributed by atoms with van der Waals surface area (Å²) in [5, 5.41) is 0. The van der Waals surface area contributed by atoms with Crippen LogP contribution in [0.15, 0.2) is 36.4 Å². The molecule has 0 saturated carbocycles. The van der Waals surface area contributed by atoms with Gasteiger partial charge in [0.15, 0.2) is 0 Å². The molecule has 0 aromatic heterocycles. The molecule has 0 nitrogen and oxygen atoms in total. The van der Waals surface area contributed by atoms with Gasteiger partial charge in [0.25, 0.3) is 0 Å². The van der Waals surface area contributed by atoms with Crippen molar-refractivity contribution in [3.63, 3.8) is 0 Å². The third-order valence-corrected chi connectivity index (χ3v) is 9.62. The van der Waals surface area contributed by atoms with Crippen molar-refractivity contribution in [3.05, 3.63) is 69.8 Å². The van der Waals surface area contributed by atoms with Gasteiger partial charge in [0, 0.05) is 0 Å². The van der Waals surface area contributed by atoms with E-state index < -0.39 is 0 Å². The van der Waals surface area contributed by atoms with Crippen LogP contribution in [0.2, 0.25) is 0 Å². The Morgan fingerprint density at radius 1 is 0.655 bits per heavy atom. The van der Waals surface area contributed by atoms with Crippen LogP contribution >= 0.6 is 0 Å². The molecule has 2 rings (SSSR count). The van der Waals surface area contributed by atoms with E-state index in [2.05, 4.69) is 98.7 Å². The Morgan fingerprint density at radius 3 is 1.69 bits per heavy atom. The second-order valence-corrected chi connectivity index (χ2v) is 14.0. The first-order valence-corrected chi connectivity index (χ1v) is 14.0. The van der Waals surface area contributed by atoms with Crippen LogP contribution in [0.25, 0.3) is 0 Å². The van der Waals surface area contributed by atoms with E-state index in [1.807, 2.05) is 0 Å². The zero-order valence-corrected chi connectivity index (χ0v) is 22.3. The third kappa shape index (κ3) is 6.32. The summed E-state index contributed by atoms with van der Waals surface area (Å²) >= 11 is 0.0160. The van der Waals surface area contributed by atoms with Crippen LogP contribution in [0, 0.1) is 12.8 Å². The Labute approximate surface area is 191 Å². The molecule has 0 bridgehead atoms. The van der Waals surface area contributed by atoms with Crippen LogP contribution in [-0.2, 0) is 6.42 Å². The topological polar surface area (TPSA) is 0 Å². The van der Waals surface area contributed by atoms with Gasteiger partial charge < -0.3 is 0 Å². The summed E-state index contributed by atoms with van der Waals surface area (Å²) < 4.78 is 1.37. The maximum atomic E-state index is 2.49. The number of hydrogen-bond acceptors (Lipinski definition) is 0. The van der Waals surface area contributed by atoms with Gasteiger partial charge in [-0.1, -0.05) is 0 Å². The molecule has 1 heteroatoms. The molecular formula is C28H42I-. The van der Waals surface area contributed by atoms with Gasteiger partial charge in [-0.05, 0) is 0 Å². The molecular weight excluding hydrogens is 463 g/mol. The molecule has 0 fully saturated rings. The Hall–Kier alpha value is -0.830. The molecule has 0 aliphatic carbocycles. The monoisotopic (exact) mass is 505 g/mol. The van der Waals surface area contributed by atoms with E-state index in [4.69, 9.17) is 0 Å². The van der Waals surface area contributed by atoms with Gasteiger partial charge in [0.1, 0.15) is 0 Å². The fraction of sp³-hybridized carbons (Fsp3) is 0.571. The molecule has 0 amide bonds. The predicted octanol–water partition coefficient (Wildman–Crippen LogP) is 5.74. The number of rotatable bonds is 9. The first kappa shape index (κ1) is 24.4. The molecule has 2 aromatic rings. The standard InChI is InChI=1S/C28H42I/c1-18(2)16-17-28-25(20(5)6)13-11-15-27(28)23(9)29-22(8)26-14-10-12-24(19(3)4)21(26)7/h10-15,18-20,22-23H,16-17H2,1-9H3/q-1. The molecule has 0 saturated heterocycles. The van der Waals surface area contributed by atoms with Gasteiger partial charge in [0.2, 0.25) is 0 Å². The zero-order valence-electron chi connectivity index (χ0n) is 20.1. The van der Waals surface area contributed by atoms with E-state index in [1.54, 1.807) is 22.3 Å². The molecule has 2 aromatic carbocycles. The van der Waals surface area contributed by atoms with E-state index in [0.717, 1.165) is 5.92 Å². The first-order valence-electron chi connectivity index (χ1n) is 11.5. The molecule has 0 heterocycles. The second-order valence-electron chi connectivity index (χ2n) is 9.58. The third-order valence-electron chi connectivity index (χ3n) is 6.12. The van der Waals surface area contributed by atoms with Crippen molar-refractivity contribution in [2.45, 2.75) is 94.8 Å². The predicted molar refractivity (Wildman–Crippen MR) is 126 cm³/mol. The molecule has 29 heavy (non-hydrogen) atoms. The van der Waals surface area contributed by atoms with Crippen LogP contribution in [0.1, 0.15) is 115 Å². The van der Waals surface area contributed by atoms with Gasteiger partial charge in [-0.25, -0.2) is 0 Å². The number of alkyl halides is 2. The van der Waals surface area contributed by atoms with Crippen molar-refractivity contribution in [2.75, 3.05) is 0 Å². The van der Waals surface area contributed by atoms with Gasteiger partial charge in [0.05, 0.1) is 0 Å². The number of benzene rings is 2. The average molecular weight is 506 g/mol. The summed E-state index contributed by atoms with van der Waals surface area (Å²) in [6.45, 7) is 21.3. The first-order chi connectivity index (χ1) is 13.6. The molecule has 0 aliphatic rings. The molecule has 0 radical (unpaired) electrons. The quantitative estimate of drug-likeness (QED) is 0.301. The van der Waals surface area contributed by atoms with Crippen molar-refractivity contribution in [1.82, 2.24) is 0 Å². The van der Waals surface area contributed by atoms with E-state index in [-0.39, 0.29) is 21.2 Å². The minimum atomic E-state index is 0.0160. The van der Waals surface area contributed by atoms with Crippen LogP contribution in [0.3, 0.4) is 0 Å². The molecule has 0 N–H and O–H groups in total. The maximum absolute atomic E-state index is 2.49. The molecule has 0 aliphatic heterocycles. The van der Waals surface area contributed by atoms with Crippen molar-refractivity contribution < 1.29 is 21.2 Å². The average Bonchev–Trinajstić information content (AvgIpc) is 2.65. The minimum absolute atomic E-state index is 0.0160. The van der Waals surface area contributed by atoms with Crippen LogP contribution in [0.4, 0.5) is 0 Å². The Morgan fingerprint density at radius 2 is 1.14 bits per heavy atom. The van der Waals surface area contributed by atoms with Gasteiger partial charge in [-0.15, -0.1) is 0 Å². The summed E-state index contributed by atoms with van der Waals surface area (Å²) in [4.78, 5) is 0. The summed E-state index contributed by atoms with van der Waals surface area (Å²) in [7, 11) is 0. The fourth-order valence-electron chi connectivity index (χ4n) is 4.41. The normalized spacial score (nSPS) is 14.2. The van der Waals surface area contributed by atoms with Crippen molar-refractivity contribution in [2.24, 2.45) is 5.92 Å². The zero-order chi connectivity index (χ0) is 21.7. The molecule has 0 spiro atoms. The second kappa shape index (κ2) is 11.0. The van der Waals surface area contributed by atoms with Crippen LogP contribution < -0.4 is 21.2 Å². The Bertz CT molecular complexity index is 785. The van der Waals surface area contributed by atoms with Crippen molar-refractivity contribution in [1.29, 1.82) is 0 Å². The molecule has 162 valence electrons. The Balaban J connectivity index is 2.32. The molecule has 2 unspecified atom stereocenters. The van der Waals surface area contributed by atoms with Crippen molar-refractivity contribution >= 4 is 0 Å². The van der Waals surface area contributed by atoms with E-state index in [9.17, 15) is 0 Å². The molecule has 2 atom stereocenters. The van der Waals surface area contributed by atoms with Gasteiger partial charge in [-0.3, -0.25) is 0 Å². The van der Waals surface area contributed by atoms with Crippen LogP contribution in [0.5, 0.6) is 0 Å². The van der Waals surface area contributed by atoms with Gasteiger partial charge in [-0.2, -0.15) is 0 Å². The summed E-state index contributed by atoms with van der Waals surface area (Å²) in [6.07, 6.45) is 2.51. The van der Waals surface area contributed by atoms with Crippen molar-refractivity contribution in [3.8, 4) is 0 Å². The Kier molecular flexibility index (Phi) is 9.25. The number of hydrogen-bond donors (Lipinski definition) is 0. The van der Waals surface area contributed by atoms with E-state index >= 15 is 0 Å². The summed E-state index contributed by atoms with van der Waals surface area (Å²) in [6, 6.07) is 14.1. The van der Waals surface area contributed by atoms with Crippen LogP contribution in [-0.4, -0.2) is 0 Å². The summed E-state index contributed by atoms with van der Waals surface area (Å²) in [5.41, 5.74) is 9.49.